The summed E-state index contributed by atoms with van der Waals surface area (Å²) >= 11 is 0. The molecule has 0 heterocycles. The fraction of sp³-hybridized carbons (Fsp3) is 0.333. The van der Waals surface area contributed by atoms with Crippen LogP contribution in [0.5, 0.6) is 11.5 Å². The summed E-state index contributed by atoms with van der Waals surface area (Å²) in [5, 5.41) is 1.88. The first-order valence-electron chi connectivity index (χ1n) is 9.92. The maximum atomic E-state index is 11.4. The van der Waals surface area contributed by atoms with Crippen LogP contribution in [0, 0.1) is 0 Å². The van der Waals surface area contributed by atoms with Gasteiger partial charge >= 0.3 is 11.9 Å². The Hall–Kier alpha value is -3.36. The van der Waals surface area contributed by atoms with Crippen molar-refractivity contribution in [3.05, 3.63) is 61.7 Å². The van der Waals surface area contributed by atoms with Gasteiger partial charge in [-0.05, 0) is 35.0 Å². The Kier molecular flexibility index (Phi) is 10.2. The lowest BCUT2D eigenvalue weighted by molar-refractivity contribution is -0.148. The molecule has 0 spiro atoms. The van der Waals surface area contributed by atoms with Crippen LogP contribution in [0.4, 0.5) is 0 Å². The van der Waals surface area contributed by atoms with E-state index < -0.39 is 24.1 Å². The lowest BCUT2D eigenvalue weighted by Gasteiger charge is -2.18. The Morgan fingerprint density at radius 3 is 1.56 bits per heavy atom. The van der Waals surface area contributed by atoms with E-state index in [1.54, 1.807) is 0 Å². The normalized spacial score (nSPS) is 12.4. The van der Waals surface area contributed by atoms with E-state index in [4.69, 9.17) is 28.4 Å². The van der Waals surface area contributed by atoms with Gasteiger partial charge in [0.05, 0.1) is 13.2 Å². The maximum Gasteiger partial charge on any atom is 0.330 e. The van der Waals surface area contributed by atoms with Crippen molar-refractivity contribution < 1.29 is 38.0 Å². The molecule has 0 radical (unpaired) electrons. The molecule has 2 unspecified atom stereocenters. The lowest BCUT2D eigenvalue weighted by Crippen LogP contribution is -2.28. The number of esters is 2. The molecule has 0 bridgehead atoms. The third-order valence-electron chi connectivity index (χ3n) is 4.26. The molecule has 0 fully saturated rings. The standard InChI is InChI=1S/C24H28O8/c1-5-23(25)31-21(13-27-3)15-29-19-9-7-17-8-10-20(12-18(17)11-19)30-16-22(14-28-4)32-24(26)6-2/h5-12,21-22H,1-2,13-16H2,3-4H3. The van der Waals surface area contributed by atoms with E-state index in [0.29, 0.717) is 11.5 Å². The van der Waals surface area contributed by atoms with Crippen LogP contribution in [0.2, 0.25) is 0 Å². The molecular formula is C24H28O8. The van der Waals surface area contributed by atoms with Crippen LogP contribution in [0.3, 0.4) is 0 Å². The van der Waals surface area contributed by atoms with E-state index in [2.05, 4.69) is 13.2 Å². The Labute approximate surface area is 187 Å². The van der Waals surface area contributed by atoms with Crippen molar-refractivity contribution in [3.63, 3.8) is 0 Å². The van der Waals surface area contributed by atoms with Crippen LogP contribution in [0.15, 0.2) is 61.7 Å². The molecule has 0 saturated heterocycles. The van der Waals surface area contributed by atoms with Gasteiger partial charge in [-0.25, -0.2) is 9.59 Å². The Morgan fingerprint density at radius 1 is 0.750 bits per heavy atom. The number of methoxy groups -OCH3 is 2. The molecule has 0 aliphatic heterocycles. The van der Waals surface area contributed by atoms with Gasteiger partial charge in [0, 0.05) is 26.4 Å². The van der Waals surface area contributed by atoms with Gasteiger partial charge in [0.25, 0.3) is 0 Å². The summed E-state index contributed by atoms with van der Waals surface area (Å²) in [5.41, 5.74) is 0. The van der Waals surface area contributed by atoms with Gasteiger partial charge < -0.3 is 28.4 Å². The molecule has 8 nitrogen and oxygen atoms in total. The zero-order valence-electron chi connectivity index (χ0n) is 18.3. The van der Waals surface area contributed by atoms with Crippen molar-refractivity contribution in [1.29, 1.82) is 0 Å². The first-order valence-corrected chi connectivity index (χ1v) is 9.92. The molecule has 0 aliphatic carbocycles. The van der Waals surface area contributed by atoms with Crippen molar-refractivity contribution >= 4 is 22.7 Å². The minimum Gasteiger partial charge on any atom is -0.490 e. The summed E-state index contributed by atoms with van der Waals surface area (Å²) < 4.78 is 32.1. The highest BCUT2D eigenvalue weighted by atomic mass is 16.6. The van der Waals surface area contributed by atoms with Gasteiger partial charge in [-0.15, -0.1) is 0 Å². The third kappa shape index (κ3) is 8.05. The summed E-state index contributed by atoms with van der Waals surface area (Å²) in [7, 11) is 3.03. The first kappa shape index (κ1) is 24.9. The quantitative estimate of drug-likeness (QED) is 0.324. The number of ether oxygens (including phenoxy) is 6. The van der Waals surface area contributed by atoms with E-state index in [0.717, 1.165) is 22.9 Å². The van der Waals surface area contributed by atoms with Crippen molar-refractivity contribution in [2.45, 2.75) is 12.2 Å². The minimum absolute atomic E-state index is 0.127. The maximum absolute atomic E-state index is 11.4. The molecule has 0 saturated carbocycles. The summed E-state index contributed by atoms with van der Waals surface area (Å²) in [4.78, 5) is 22.9. The van der Waals surface area contributed by atoms with Gasteiger partial charge in [0.15, 0.2) is 12.2 Å². The van der Waals surface area contributed by atoms with Gasteiger partial charge in [0.2, 0.25) is 0 Å². The predicted octanol–water partition coefficient (Wildman–Crippen LogP) is 3.09. The largest absolute Gasteiger partial charge is 0.490 e. The molecule has 2 atom stereocenters. The van der Waals surface area contributed by atoms with Crippen molar-refractivity contribution in [2.24, 2.45) is 0 Å². The van der Waals surface area contributed by atoms with E-state index in [1.165, 1.54) is 14.2 Å². The van der Waals surface area contributed by atoms with Crippen LogP contribution in [-0.4, -0.2) is 64.8 Å². The average Bonchev–Trinajstić information content (AvgIpc) is 2.80. The van der Waals surface area contributed by atoms with Crippen molar-refractivity contribution in [3.8, 4) is 11.5 Å². The number of rotatable bonds is 14. The van der Waals surface area contributed by atoms with Crippen molar-refractivity contribution in [1.82, 2.24) is 0 Å². The van der Waals surface area contributed by atoms with Gasteiger partial charge in [0.1, 0.15) is 24.7 Å². The molecule has 2 aromatic rings. The highest BCUT2D eigenvalue weighted by Crippen LogP contribution is 2.25. The topological polar surface area (TPSA) is 89.5 Å². The molecular weight excluding hydrogens is 416 g/mol. The number of hydrogen-bond donors (Lipinski definition) is 0. The molecule has 2 rings (SSSR count). The SMILES string of the molecule is C=CC(=O)OC(COC)COc1ccc2ccc(OCC(COC)OC(=O)C=C)cc2c1. The van der Waals surface area contributed by atoms with E-state index in [1.807, 2.05) is 36.4 Å². The van der Waals surface area contributed by atoms with Crippen LogP contribution >= 0.6 is 0 Å². The number of carbonyl (C=O) groups excluding carboxylic acids is 2. The number of fused-ring (bicyclic) bond motifs is 1. The summed E-state index contributed by atoms with van der Waals surface area (Å²) in [6.45, 7) is 7.42. The first-order chi connectivity index (χ1) is 15.5. The fourth-order valence-corrected chi connectivity index (χ4v) is 2.79. The van der Waals surface area contributed by atoms with Gasteiger partial charge in [-0.2, -0.15) is 0 Å². The molecule has 0 N–H and O–H groups in total. The Bertz CT molecular complexity index is 853. The number of benzene rings is 2. The molecule has 172 valence electrons. The molecule has 32 heavy (non-hydrogen) atoms. The summed E-state index contributed by atoms with van der Waals surface area (Å²) in [5.74, 6) is 0.119. The second-order valence-corrected chi connectivity index (χ2v) is 6.73. The minimum atomic E-state index is -0.563. The average molecular weight is 444 g/mol. The summed E-state index contributed by atoms with van der Waals surface area (Å²) in [6.07, 6.45) is 1.06. The second-order valence-electron chi connectivity index (χ2n) is 6.73. The molecule has 8 heteroatoms. The van der Waals surface area contributed by atoms with E-state index in [-0.39, 0.29) is 26.4 Å². The third-order valence-corrected chi connectivity index (χ3v) is 4.26. The van der Waals surface area contributed by atoms with E-state index >= 15 is 0 Å². The van der Waals surface area contributed by atoms with Gasteiger partial charge in [-0.1, -0.05) is 25.3 Å². The van der Waals surface area contributed by atoms with Gasteiger partial charge in [-0.3, -0.25) is 0 Å². The lowest BCUT2D eigenvalue weighted by atomic mass is 10.1. The van der Waals surface area contributed by atoms with Crippen LogP contribution in [-0.2, 0) is 28.5 Å². The molecule has 2 aromatic carbocycles. The fourth-order valence-electron chi connectivity index (χ4n) is 2.79. The predicted molar refractivity (Wildman–Crippen MR) is 119 cm³/mol. The highest BCUT2D eigenvalue weighted by molar-refractivity contribution is 5.85. The van der Waals surface area contributed by atoms with Crippen LogP contribution in [0.1, 0.15) is 0 Å². The Balaban J connectivity index is 2.04. The molecule has 0 aliphatic rings. The monoisotopic (exact) mass is 444 g/mol. The molecule has 0 amide bonds. The highest BCUT2D eigenvalue weighted by Gasteiger charge is 2.15. The van der Waals surface area contributed by atoms with Crippen LogP contribution < -0.4 is 9.47 Å². The summed E-state index contributed by atoms with van der Waals surface area (Å²) in [6, 6.07) is 11.2. The smallest absolute Gasteiger partial charge is 0.330 e. The number of carbonyl (C=O) groups is 2. The Morgan fingerprint density at radius 2 is 1.19 bits per heavy atom. The molecule has 0 aromatic heterocycles. The zero-order chi connectivity index (χ0) is 23.3. The van der Waals surface area contributed by atoms with E-state index in [9.17, 15) is 9.59 Å². The number of hydrogen-bond acceptors (Lipinski definition) is 8. The van der Waals surface area contributed by atoms with Crippen LogP contribution in [0.25, 0.3) is 10.8 Å². The zero-order valence-corrected chi connectivity index (χ0v) is 18.3. The van der Waals surface area contributed by atoms with Crippen molar-refractivity contribution in [2.75, 3.05) is 40.6 Å². The second kappa shape index (κ2) is 13.1.